The van der Waals surface area contributed by atoms with Crippen LogP contribution in [0.2, 0.25) is 0 Å². The molecule has 2 aromatic rings. The Morgan fingerprint density at radius 3 is 2.40 bits per heavy atom. The van der Waals surface area contributed by atoms with Crippen molar-refractivity contribution in [3.05, 3.63) is 36.5 Å². The first-order valence-electron chi connectivity index (χ1n) is 8.92. The lowest BCUT2D eigenvalue weighted by Crippen LogP contribution is -2.34. The molecule has 0 saturated carbocycles. The molecule has 162 valence electrons. The molecule has 0 aliphatic rings. The van der Waals surface area contributed by atoms with Crippen LogP contribution in [0.25, 0.3) is 0 Å². The van der Waals surface area contributed by atoms with Crippen LogP contribution in [0.15, 0.2) is 41.4 Å². The Bertz CT molecular complexity index is 1000. The molecule has 11 nitrogen and oxygen atoms in total. The Kier molecular flexibility index (Phi) is 7.29. The first-order valence-corrected chi connectivity index (χ1v) is 10.5. The van der Waals surface area contributed by atoms with E-state index in [1.807, 2.05) is 0 Å². The summed E-state index contributed by atoms with van der Waals surface area (Å²) in [5.74, 6) is 0.0691. The number of benzene rings is 1. The van der Waals surface area contributed by atoms with E-state index in [0.29, 0.717) is 11.5 Å². The van der Waals surface area contributed by atoms with E-state index in [9.17, 15) is 18.0 Å². The van der Waals surface area contributed by atoms with E-state index >= 15 is 0 Å². The zero-order valence-corrected chi connectivity index (χ0v) is 17.6. The first-order chi connectivity index (χ1) is 13.9. The molecule has 1 aromatic carbocycles. The third kappa shape index (κ3) is 8.01. The van der Waals surface area contributed by atoms with E-state index in [4.69, 9.17) is 9.88 Å². The van der Waals surface area contributed by atoms with Gasteiger partial charge in [0.25, 0.3) is 0 Å². The number of carbonyl (C=O) groups is 2. The van der Waals surface area contributed by atoms with Gasteiger partial charge < -0.3 is 15.4 Å². The lowest BCUT2D eigenvalue weighted by atomic mass is 10.2. The van der Waals surface area contributed by atoms with Gasteiger partial charge in [0.15, 0.2) is 0 Å². The third-order valence-corrected chi connectivity index (χ3v) is 4.31. The fourth-order valence-corrected chi connectivity index (χ4v) is 2.66. The highest BCUT2D eigenvalue weighted by Gasteiger charge is 2.16. The number of nitrogens with two attached hydrogens (primary N) is 1. The topological polar surface area (TPSA) is 165 Å². The average Bonchev–Trinajstić information content (AvgIpc) is 2.60. The van der Waals surface area contributed by atoms with Crippen molar-refractivity contribution in [3.8, 4) is 0 Å². The maximum absolute atomic E-state index is 12.0. The summed E-state index contributed by atoms with van der Waals surface area (Å²) in [6, 6.07) is 7.36. The van der Waals surface area contributed by atoms with Crippen LogP contribution in [0.4, 0.5) is 22.2 Å². The van der Waals surface area contributed by atoms with E-state index in [1.54, 1.807) is 26.8 Å². The molecular formula is C18H24N6O5S. The summed E-state index contributed by atoms with van der Waals surface area (Å²) in [5.41, 5.74) is -0.0491. The molecule has 0 spiro atoms. The Morgan fingerprint density at radius 1 is 1.13 bits per heavy atom. The number of anilines is 3. The Labute approximate surface area is 174 Å². The number of nitrogens with zero attached hydrogens (tertiary/aromatic N) is 2. The van der Waals surface area contributed by atoms with Gasteiger partial charge in [-0.05, 0) is 51.1 Å². The van der Waals surface area contributed by atoms with Gasteiger partial charge in [0, 0.05) is 24.8 Å². The second kappa shape index (κ2) is 9.50. The summed E-state index contributed by atoms with van der Waals surface area (Å²) in [5, 5.41) is 13.0. The summed E-state index contributed by atoms with van der Waals surface area (Å²) in [7, 11) is -3.77. The molecule has 2 amide bonds. The summed E-state index contributed by atoms with van der Waals surface area (Å²) in [4.78, 5) is 31.7. The van der Waals surface area contributed by atoms with E-state index in [2.05, 4.69) is 25.9 Å². The third-order valence-electron chi connectivity index (χ3n) is 3.38. The molecule has 0 fully saturated rings. The van der Waals surface area contributed by atoms with Crippen molar-refractivity contribution in [2.75, 3.05) is 17.2 Å². The monoisotopic (exact) mass is 436 g/mol. The van der Waals surface area contributed by atoms with Crippen molar-refractivity contribution in [2.24, 2.45) is 5.14 Å². The van der Waals surface area contributed by atoms with Crippen LogP contribution in [0, 0.1) is 0 Å². The normalized spacial score (nSPS) is 11.5. The zero-order valence-electron chi connectivity index (χ0n) is 16.8. The molecule has 0 aliphatic heterocycles. The predicted molar refractivity (Wildman–Crippen MR) is 111 cm³/mol. The van der Waals surface area contributed by atoms with Crippen molar-refractivity contribution in [3.63, 3.8) is 0 Å². The predicted octanol–water partition coefficient (Wildman–Crippen LogP) is 1.72. The molecule has 1 heterocycles. The zero-order chi connectivity index (χ0) is 22.4. The molecule has 12 heteroatoms. The van der Waals surface area contributed by atoms with Crippen LogP contribution in [0.5, 0.6) is 0 Å². The smallest absolute Gasteiger partial charge is 0.407 e. The molecule has 1 aromatic heterocycles. The average molecular weight is 436 g/mol. The number of rotatable bonds is 7. The van der Waals surface area contributed by atoms with Crippen LogP contribution in [-0.4, -0.2) is 42.5 Å². The maximum atomic E-state index is 12.0. The van der Waals surface area contributed by atoms with E-state index in [-0.39, 0.29) is 29.7 Å². The van der Waals surface area contributed by atoms with Gasteiger partial charge in [-0.1, -0.05) is 0 Å². The van der Waals surface area contributed by atoms with Gasteiger partial charge in [0.2, 0.25) is 21.9 Å². The molecule has 0 saturated heterocycles. The van der Waals surface area contributed by atoms with Gasteiger partial charge in [0.05, 0.1) is 4.90 Å². The number of hydrogen-bond acceptors (Lipinski definition) is 8. The second-order valence-corrected chi connectivity index (χ2v) is 8.75. The highest BCUT2D eigenvalue weighted by molar-refractivity contribution is 7.89. The molecule has 0 unspecified atom stereocenters. The standard InChI is InChI=1S/C18H24N6O5S/c1-18(2,3)29-17(26)21-11-9-15(25)24-16-20-10-8-14(23-16)22-12-4-6-13(7-5-12)30(19,27)28/h4-8,10H,9,11H2,1-3H3,(H,21,26)(H2,19,27,28)(H2,20,22,23,24,25). The number of amides is 2. The molecule has 30 heavy (non-hydrogen) atoms. The van der Waals surface area contributed by atoms with Crippen LogP contribution in [-0.2, 0) is 19.6 Å². The summed E-state index contributed by atoms with van der Waals surface area (Å²) in [6.45, 7) is 5.32. The molecule has 0 aliphatic carbocycles. The minimum absolute atomic E-state index is 0.00921. The minimum Gasteiger partial charge on any atom is -0.444 e. The number of aromatic nitrogens is 2. The summed E-state index contributed by atoms with van der Waals surface area (Å²) in [6.07, 6.45) is 0.851. The molecule has 0 atom stereocenters. The molecule has 0 radical (unpaired) electrons. The maximum Gasteiger partial charge on any atom is 0.407 e. The van der Waals surface area contributed by atoms with E-state index in [0.717, 1.165) is 0 Å². The van der Waals surface area contributed by atoms with Crippen molar-refractivity contribution in [1.82, 2.24) is 15.3 Å². The number of ether oxygens (including phenoxy) is 1. The lowest BCUT2D eigenvalue weighted by molar-refractivity contribution is -0.116. The van der Waals surface area contributed by atoms with E-state index in [1.165, 1.54) is 30.5 Å². The summed E-state index contributed by atoms with van der Waals surface area (Å²) >= 11 is 0. The number of alkyl carbamates (subject to hydrolysis) is 1. The first kappa shape index (κ1) is 23.0. The largest absolute Gasteiger partial charge is 0.444 e. The van der Waals surface area contributed by atoms with Crippen LogP contribution < -0.4 is 21.1 Å². The second-order valence-electron chi connectivity index (χ2n) is 7.19. The van der Waals surface area contributed by atoms with Gasteiger partial charge in [-0.25, -0.2) is 23.3 Å². The Hall–Kier alpha value is -3.25. The van der Waals surface area contributed by atoms with Gasteiger partial charge in [0.1, 0.15) is 11.4 Å². The van der Waals surface area contributed by atoms with Crippen molar-refractivity contribution < 1.29 is 22.7 Å². The van der Waals surface area contributed by atoms with Crippen LogP contribution in [0.1, 0.15) is 27.2 Å². The van der Waals surface area contributed by atoms with Gasteiger partial charge >= 0.3 is 6.09 Å². The SMILES string of the molecule is CC(C)(C)OC(=O)NCCC(=O)Nc1nccc(Nc2ccc(S(N)(=O)=O)cc2)n1. The number of hydrogen-bond donors (Lipinski definition) is 4. The number of sulfonamides is 1. The Balaban J connectivity index is 1.88. The fourth-order valence-electron chi connectivity index (χ4n) is 2.14. The van der Waals surface area contributed by atoms with Gasteiger partial charge in [-0.2, -0.15) is 4.98 Å². The highest BCUT2D eigenvalue weighted by Crippen LogP contribution is 2.17. The van der Waals surface area contributed by atoms with Crippen LogP contribution >= 0.6 is 0 Å². The van der Waals surface area contributed by atoms with Crippen molar-refractivity contribution >= 4 is 39.5 Å². The van der Waals surface area contributed by atoms with E-state index < -0.39 is 21.7 Å². The molecule has 2 rings (SSSR count). The fraction of sp³-hybridized carbons (Fsp3) is 0.333. The quantitative estimate of drug-likeness (QED) is 0.509. The molecule has 0 bridgehead atoms. The van der Waals surface area contributed by atoms with Crippen LogP contribution in [0.3, 0.4) is 0 Å². The highest BCUT2D eigenvalue weighted by atomic mass is 32.2. The number of carbonyl (C=O) groups excluding carboxylic acids is 2. The molecular weight excluding hydrogens is 412 g/mol. The van der Waals surface area contributed by atoms with Crippen molar-refractivity contribution in [2.45, 2.75) is 37.7 Å². The molecule has 5 N–H and O–H groups in total. The summed E-state index contributed by atoms with van der Waals surface area (Å²) < 4.78 is 27.7. The van der Waals surface area contributed by atoms with Gasteiger partial charge in [-0.15, -0.1) is 0 Å². The van der Waals surface area contributed by atoms with Gasteiger partial charge in [-0.3, -0.25) is 10.1 Å². The number of nitrogens with one attached hydrogen (secondary N) is 3. The van der Waals surface area contributed by atoms with Crippen molar-refractivity contribution in [1.29, 1.82) is 0 Å². The number of primary sulfonamides is 1. The lowest BCUT2D eigenvalue weighted by Gasteiger charge is -2.19. The minimum atomic E-state index is -3.77. The Morgan fingerprint density at radius 2 is 1.80 bits per heavy atom.